The third-order valence-electron chi connectivity index (χ3n) is 5.77. The number of carbonyl (C=O) groups excluding carboxylic acids is 2. The minimum Gasteiger partial charge on any atom is -0.444 e. The molecule has 35 heavy (non-hydrogen) atoms. The van der Waals surface area contributed by atoms with E-state index in [0.717, 1.165) is 29.9 Å². The number of ether oxygens (including phenoxy) is 1. The lowest BCUT2D eigenvalue weighted by molar-refractivity contribution is 0.0263. The summed E-state index contributed by atoms with van der Waals surface area (Å²) in [4.78, 5) is 43.0. The van der Waals surface area contributed by atoms with Gasteiger partial charge in [0.05, 0.1) is 0 Å². The maximum Gasteiger partial charge on any atom is 0.410 e. The van der Waals surface area contributed by atoms with Crippen LogP contribution in [0.4, 0.5) is 10.6 Å². The number of aryl methyl sites for hydroxylation is 1. The van der Waals surface area contributed by atoms with Gasteiger partial charge in [0.1, 0.15) is 17.1 Å². The van der Waals surface area contributed by atoms with Gasteiger partial charge in [-0.05, 0) is 58.4 Å². The summed E-state index contributed by atoms with van der Waals surface area (Å²) in [6, 6.07) is 11.1. The molecule has 1 amide bonds. The minimum atomic E-state index is -0.527. The van der Waals surface area contributed by atoms with Gasteiger partial charge in [0.25, 0.3) is 0 Å². The molecule has 0 spiro atoms. The molecule has 182 valence electrons. The van der Waals surface area contributed by atoms with Crippen molar-refractivity contribution in [1.29, 1.82) is 0 Å². The van der Waals surface area contributed by atoms with E-state index in [2.05, 4.69) is 19.9 Å². The Morgan fingerprint density at radius 2 is 1.80 bits per heavy atom. The molecule has 1 aliphatic heterocycles. The lowest BCUT2D eigenvalue weighted by Crippen LogP contribution is -2.39. The van der Waals surface area contributed by atoms with Gasteiger partial charge in [-0.25, -0.2) is 9.78 Å². The van der Waals surface area contributed by atoms with Gasteiger partial charge < -0.3 is 14.5 Å². The van der Waals surface area contributed by atoms with E-state index in [9.17, 15) is 9.59 Å². The van der Waals surface area contributed by atoms with Gasteiger partial charge >= 0.3 is 6.09 Å². The van der Waals surface area contributed by atoms with E-state index in [1.54, 1.807) is 29.6 Å². The zero-order valence-corrected chi connectivity index (χ0v) is 20.7. The van der Waals surface area contributed by atoms with Crippen LogP contribution in [0.2, 0.25) is 0 Å². The predicted molar refractivity (Wildman–Crippen MR) is 135 cm³/mol. The third-order valence-corrected chi connectivity index (χ3v) is 5.77. The minimum absolute atomic E-state index is 0.173. The maximum atomic E-state index is 13.4. The summed E-state index contributed by atoms with van der Waals surface area (Å²) in [5, 5.41) is 0. The van der Waals surface area contributed by atoms with Crippen LogP contribution in [0.1, 0.15) is 48.9 Å². The Bertz CT molecular complexity index is 1210. The van der Waals surface area contributed by atoms with Crippen LogP contribution >= 0.6 is 0 Å². The first-order chi connectivity index (χ1) is 16.7. The van der Waals surface area contributed by atoms with E-state index in [1.807, 2.05) is 58.0 Å². The van der Waals surface area contributed by atoms with Crippen molar-refractivity contribution < 1.29 is 14.3 Å². The molecule has 0 radical (unpaired) electrons. The van der Waals surface area contributed by atoms with Crippen LogP contribution < -0.4 is 4.90 Å². The predicted octanol–water partition coefficient (Wildman–Crippen LogP) is 4.53. The summed E-state index contributed by atoms with van der Waals surface area (Å²) in [7, 11) is 0. The van der Waals surface area contributed by atoms with E-state index < -0.39 is 5.60 Å². The fraction of sp³-hybridized carbons (Fsp3) is 0.370. The normalized spacial score (nSPS) is 14.4. The van der Waals surface area contributed by atoms with Crippen LogP contribution in [-0.2, 0) is 4.74 Å². The first-order valence-corrected chi connectivity index (χ1v) is 11.8. The summed E-state index contributed by atoms with van der Waals surface area (Å²) in [5.41, 5.74) is 2.73. The van der Waals surface area contributed by atoms with E-state index in [-0.39, 0.29) is 11.9 Å². The Kier molecular flexibility index (Phi) is 7.10. The Morgan fingerprint density at radius 1 is 0.971 bits per heavy atom. The molecule has 1 fully saturated rings. The molecule has 0 bridgehead atoms. The van der Waals surface area contributed by atoms with Gasteiger partial charge in [-0.1, -0.05) is 12.1 Å². The lowest BCUT2D eigenvalue weighted by Gasteiger charge is -2.26. The standard InChI is InChI=1S/C27H31N5O3/c1-19-22(16-21(18-29-19)20-8-6-11-28-17-20)25(33)23-9-5-10-24(30-23)31-12-7-13-32(15-14-31)26(34)35-27(2,3)4/h5-6,8-11,16-18H,7,12-15H2,1-4H3. The number of anilines is 1. The van der Waals surface area contributed by atoms with Crippen molar-refractivity contribution in [3.05, 3.63) is 71.9 Å². The number of amides is 1. The monoisotopic (exact) mass is 473 g/mol. The number of pyridine rings is 3. The molecule has 3 aromatic rings. The van der Waals surface area contributed by atoms with Gasteiger partial charge in [-0.2, -0.15) is 0 Å². The highest BCUT2D eigenvalue weighted by Crippen LogP contribution is 2.23. The number of aromatic nitrogens is 3. The summed E-state index contributed by atoms with van der Waals surface area (Å²) < 4.78 is 5.52. The highest BCUT2D eigenvalue weighted by Gasteiger charge is 2.25. The topological polar surface area (TPSA) is 88.5 Å². The smallest absolute Gasteiger partial charge is 0.410 e. The molecule has 0 atom stereocenters. The molecule has 0 unspecified atom stereocenters. The zero-order chi connectivity index (χ0) is 25.0. The molecule has 0 saturated carbocycles. The zero-order valence-electron chi connectivity index (χ0n) is 20.7. The van der Waals surface area contributed by atoms with Crippen molar-refractivity contribution >= 4 is 17.7 Å². The van der Waals surface area contributed by atoms with Crippen LogP contribution in [0, 0.1) is 6.92 Å². The SMILES string of the molecule is Cc1ncc(-c2cccnc2)cc1C(=O)c1cccc(N2CCCN(C(=O)OC(C)(C)C)CC2)n1. The molecular formula is C27H31N5O3. The highest BCUT2D eigenvalue weighted by molar-refractivity contribution is 6.09. The molecule has 0 aromatic carbocycles. The Morgan fingerprint density at radius 3 is 2.54 bits per heavy atom. The van der Waals surface area contributed by atoms with Gasteiger partial charge in [-0.15, -0.1) is 0 Å². The van der Waals surface area contributed by atoms with Gasteiger partial charge in [0.2, 0.25) is 5.78 Å². The number of carbonyl (C=O) groups is 2. The number of hydrogen-bond acceptors (Lipinski definition) is 7. The average Bonchev–Trinajstić information content (AvgIpc) is 3.10. The lowest BCUT2D eigenvalue weighted by atomic mass is 10.0. The van der Waals surface area contributed by atoms with E-state index in [1.165, 1.54) is 0 Å². The number of nitrogens with zero attached hydrogens (tertiary/aromatic N) is 5. The van der Waals surface area contributed by atoms with Crippen molar-refractivity contribution in [3.8, 4) is 11.1 Å². The first kappa shape index (κ1) is 24.3. The van der Waals surface area contributed by atoms with Crippen LogP contribution in [0.15, 0.2) is 55.0 Å². The molecule has 1 saturated heterocycles. The van der Waals surface area contributed by atoms with Crippen molar-refractivity contribution in [3.63, 3.8) is 0 Å². The second-order valence-electron chi connectivity index (χ2n) is 9.62. The summed E-state index contributed by atoms with van der Waals surface area (Å²) in [6.07, 6.45) is 5.70. The van der Waals surface area contributed by atoms with Gasteiger partial charge in [0.15, 0.2) is 0 Å². The van der Waals surface area contributed by atoms with Crippen LogP contribution in [-0.4, -0.2) is 63.5 Å². The quantitative estimate of drug-likeness (QED) is 0.515. The van der Waals surface area contributed by atoms with Crippen LogP contribution in [0.5, 0.6) is 0 Å². The largest absolute Gasteiger partial charge is 0.444 e. The summed E-state index contributed by atoms with van der Waals surface area (Å²) >= 11 is 0. The molecule has 4 rings (SSSR count). The maximum absolute atomic E-state index is 13.4. The van der Waals surface area contributed by atoms with Crippen molar-refractivity contribution in [2.75, 3.05) is 31.1 Å². The molecule has 1 aliphatic rings. The summed E-state index contributed by atoms with van der Waals surface area (Å²) in [5.74, 6) is 0.545. The van der Waals surface area contributed by atoms with E-state index in [4.69, 9.17) is 4.74 Å². The molecule has 0 N–H and O–H groups in total. The molecule has 3 aromatic heterocycles. The molecule has 8 heteroatoms. The van der Waals surface area contributed by atoms with E-state index in [0.29, 0.717) is 36.6 Å². The molecular weight excluding hydrogens is 442 g/mol. The summed E-state index contributed by atoms with van der Waals surface area (Å²) in [6.45, 7) is 9.93. The molecule has 8 nitrogen and oxygen atoms in total. The van der Waals surface area contributed by atoms with Crippen molar-refractivity contribution in [2.45, 2.75) is 39.7 Å². The van der Waals surface area contributed by atoms with Crippen LogP contribution in [0.25, 0.3) is 11.1 Å². The fourth-order valence-corrected chi connectivity index (χ4v) is 3.97. The fourth-order valence-electron chi connectivity index (χ4n) is 3.97. The van der Waals surface area contributed by atoms with Crippen molar-refractivity contribution in [2.24, 2.45) is 0 Å². The van der Waals surface area contributed by atoms with Gasteiger partial charge in [-0.3, -0.25) is 14.8 Å². The van der Waals surface area contributed by atoms with Crippen molar-refractivity contribution in [1.82, 2.24) is 19.9 Å². The second kappa shape index (κ2) is 10.2. The average molecular weight is 474 g/mol. The number of hydrogen-bond donors (Lipinski definition) is 0. The Balaban J connectivity index is 1.52. The number of rotatable bonds is 4. The van der Waals surface area contributed by atoms with Gasteiger partial charge in [0, 0.05) is 67.2 Å². The van der Waals surface area contributed by atoms with E-state index >= 15 is 0 Å². The van der Waals surface area contributed by atoms with Crippen LogP contribution in [0.3, 0.4) is 0 Å². The third kappa shape index (κ3) is 6.01. The highest BCUT2D eigenvalue weighted by atomic mass is 16.6. The molecule has 4 heterocycles. The Labute approximate surface area is 206 Å². The second-order valence-corrected chi connectivity index (χ2v) is 9.62. The number of ketones is 1. The first-order valence-electron chi connectivity index (χ1n) is 11.8. The Hall–Kier alpha value is -3.81. The molecule has 0 aliphatic carbocycles.